The number of aryl methyl sites for hydroxylation is 1. The van der Waals surface area contributed by atoms with Crippen LogP contribution in [0.25, 0.3) is 0 Å². The van der Waals surface area contributed by atoms with Crippen molar-refractivity contribution in [1.82, 2.24) is 0 Å². The van der Waals surface area contributed by atoms with Crippen LogP contribution in [0.2, 0.25) is 0 Å². The minimum atomic E-state index is -0.571. The first kappa shape index (κ1) is 16.0. The van der Waals surface area contributed by atoms with Crippen LogP contribution in [0.4, 0.5) is 10.5 Å². The van der Waals surface area contributed by atoms with Gasteiger partial charge in [-0.3, -0.25) is 10.1 Å². The first-order chi connectivity index (χ1) is 9.19. The van der Waals surface area contributed by atoms with Gasteiger partial charge in [0, 0.05) is 5.56 Å². The van der Waals surface area contributed by atoms with Gasteiger partial charge in [0.25, 0.3) is 0 Å². The van der Waals surface area contributed by atoms with Crippen molar-refractivity contribution >= 4 is 18.1 Å². The molecule has 0 atom stereocenters. The molecule has 0 aliphatic rings. The van der Waals surface area contributed by atoms with Crippen LogP contribution >= 0.6 is 0 Å². The van der Waals surface area contributed by atoms with E-state index in [0.29, 0.717) is 22.6 Å². The molecule has 1 amide bonds. The molecule has 1 aromatic rings. The van der Waals surface area contributed by atoms with Gasteiger partial charge in [-0.1, -0.05) is 0 Å². The minimum Gasteiger partial charge on any atom is -0.496 e. The van der Waals surface area contributed by atoms with Crippen LogP contribution in [-0.2, 0) is 4.74 Å². The van der Waals surface area contributed by atoms with E-state index in [1.807, 2.05) is 6.92 Å². The van der Waals surface area contributed by atoms with Crippen LogP contribution in [-0.4, -0.2) is 25.1 Å². The smallest absolute Gasteiger partial charge is 0.412 e. The molecule has 0 fully saturated rings. The molecule has 110 valence electrons. The van der Waals surface area contributed by atoms with Crippen molar-refractivity contribution in [1.29, 1.82) is 0 Å². The number of benzene rings is 1. The normalized spacial score (nSPS) is 10.9. The Kier molecular flexibility index (Phi) is 4.76. The average Bonchev–Trinajstić information content (AvgIpc) is 2.31. The lowest BCUT2D eigenvalue weighted by Crippen LogP contribution is -2.27. The monoisotopic (exact) mass is 279 g/mol. The third-order valence-corrected chi connectivity index (χ3v) is 2.70. The molecule has 1 N–H and O–H groups in total. The fourth-order valence-electron chi connectivity index (χ4n) is 1.95. The van der Waals surface area contributed by atoms with Gasteiger partial charge in [0.15, 0.2) is 6.29 Å². The lowest BCUT2D eigenvalue weighted by Gasteiger charge is -2.21. The van der Waals surface area contributed by atoms with Gasteiger partial charge in [-0.05, 0) is 46.2 Å². The second kappa shape index (κ2) is 5.94. The number of ether oxygens (including phenoxy) is 2. The molecule has 0 saturated carbocycles. The van der Waals surface area contributed by atoms with Crippen molar-refractivity contribution in [2.24, 2.45) is 0 Å². The number of aldehydes is 1. The van der Waals surface area contributed by atoms with Gasteiger partial charge in [-0.15, -0.1) is 0 Å². The Labute approximate surface area is 119 Å². The van der Waals surface area contributed by atoms with Gasteiger partial charge in [0.1, 0.15) is 11.4 Å². The largest absolute Gasteiger partial charge is 0.496 e. The highest BCUT2D eigenvalue weighted by Gasteiger charge is 2.19. The molecule has 20 heavy (non-hydrogen) atoms. The van der Waals surface area contributed by atoms with E-state index < -0.39 is 11.7 Å². The third-order valence-electron chi connectivity index (χ3n) is 2.70. The van der Waals surface area contributed by atoms with Gasteiger partial charge < -0.3 is 9.47 Å². The Morgan fingerprint density at radius 2 is 1.90 bits per heavy atom. The molecule has 0 aliphatic heterocycles. The second-order valence-electron chi connectivity index (χ2n) is 5.56. The molecule has 5 nitrogen and oxygen atoms in total. The highest BCUT2D eigenvalue weighted by Crippen LogP contribution is 2.32. The topological polar surface area (TPSA) is 64.6 Å². The number of methoxy groups -OCH3 is 1. The molecule has 0 spiro atoms. The third kappa shape index (κ3) is 3.73. The summed E-state index contributed by atoms with van der Waals surface area (Å²) in [6.07, 6.45) is 0.195. The Bertz CT molecular complexity index is 530. The summed E-state index contributed by atoms with van der Waals surface area (Å²) >= 11 is 0. The van der Waals surface area contributed by atoms with E-state index in [-0.39, 0.29) is 0 Å². The number of carbonyl (C=O) groups is 2. The van der Waals surface area contributed by atoms with E-state index in [9.17, 15) is 9.59 Å². The molecule has 1 aromatic carbocycles. The second-order valence-corrected chi connectivity index (χ2v) is 5.56. The molecule has 0 unspecified atom stereocenters. The van der Waals surface area contributed by atoms with E-state index in [4.69, 9.17) is 9.47 Å². The molecule has 1 rings (SSSR count). The molecule has 0 bridgehead atoms. The zero-order valence-corrected chi connectivity index (χ0v) is 12.8. The maximum Gasteiger partial charge on any atom is 0.412 e. The molecule has 0 saturated heterocycles. The van der Waals surface area contributed by atoms with Crippen LogP contribution in [0.3, 0.4) is 0 Å². The highest BCUT2D eigenvalue weighted by atomic mass is 16.6. The Morgan fingerprint density at radius 3 is 2.35 bits per heavy atom. The summed E-state index contributed by atoms with van der Waals surface area (Å²) in [5.74, 6) is 0.455. The molecular weight excluding hydrogens is 258 g/mol. The fraction of sp³-hybridized carbons (Fsp3) is 0.467. The van der Waals surface area contributed by atoms with E-state index in [1.54, 1.807) is 33.8 Å². The lowest BCUT2D eigenvalue weighted by molar-refractivity contribution is 0.0635. The Hall–Kier alpha value is -2.04. The molecule has 0 aromatic heterocycles. The SMILES string of the molecule is COc1c(C=O)cc(C)c(NC(=O)OC(C)(C)C)c1C. The number of rotatable bonds is 3. The maximum atomic E-state index is 11.8. The molecule has 0 aliphatic carbocycles. The predicted octanol–water partition coefficient (Wildman–Crippen LogP) is 3.47. The first-order valence-electron chi connectivity index (χ1n) is 6.33. The summed E-state index contributed by atoms with van der Waals surface area (Å²) < 4.78 is 10.4. The van der Waals surface area contributed by atoms with Gasteiger partial charge >= 0.3 is 6.09 Å². The number of amides is 1. The van der Waals surface area contributed by atoms with E-state index in [1.165, 1.54) is 7.11 Å². The summed E-state index contributed by atoms with van der Waals surface area (Å²) in [6, 6.07) is 1.67. The minimum absolute atomic E-state index is 0.455. The van der Waals surface area contributed by atoms with Gasteiger partial charge in [-0.2, -0.15) is 0 Å². The van der Waals surface area contributed by atoms with Gasteiger partial charge in [0.2, 0.25) is 0 Å². The first-order valence-corrected chi connectivity index (χ1v) is 6.33. The summed E-state index contributed by atoms with van der Waals surface area (Å²) in [4.78, 5) is 22.9. The van der Waals surface area contributed by atoms with E-state index in [0.717, 1.165) is 11.8 Å². The quantitative estimate of drug-likeness (QED) is 0.860. The Balaban J connectivity index is 3.13. The number of hydrogen-bond donors (Lipinski definition) is 1. The number of hydrogen-bond acceptors (Lipinski definition) is 4. The molecule has 0 radical (unpaired) electrons. The van der Waals surface area contributed by atoms with Crippen LogP contribution < -0.4 is 10.1 Å². The number of nitrogens with one attached hydrogen (secondary N) is 1. The van der Waals surface area contributed by atoms with Crippen molar-refractivity contribution in [2.45, 2.75) is 40.2 Å². The van der Waals surface area contributed by atoms with Crippen LogP contribution in [0.5, 0.6) is 5.75 Å². The zero-order valence-electron chi connectivity index (χ0n) is 12.8. The van der Waals surface area contributed by atoms with Gasteiger partial charge in [-0.25, -0.2) is 4.79 Å². The summed E-state index contributed by atoms with van der Waals surface area (Å²) in [5.41, 5.74) is 1.95. The van der Waals surface area contributed by atoms with E-state index in [2.05, 4.69) is 5.32 Å². The van der Waals surface area contributed by atoms with Crippen molar-refractivity contribution in [3.8, 4) is 5.75 Å². The standard InChI is InChI=1S/C15H21NO4/c1-9-7-11(8-17)13(19-6)10(2)12(9)16-14(18)20-15(3,4)5/h7-8H,1-6H3,(H,16,18). The van der Waals surface area contributed by atoms with Crippen LogP contribution in [0, 0.1) is 13.8 Å². The number of anilines is 1. The van der Waals surface area contributed by atoms with Crippen molar-refractivity contribution in [3.63, 3.8) is 0 Å². The highest BCUT2D eigenvalue weighted by molar-refractivity contribution is 5.91. The predicted molar refractivity (Wildman–Crippen MR) is 77.7 cm³/mol. The van der Waals surface area contributed by atoms with E-state index >= 15 is 0 Å². The summed E-state index contributed by atoms with van der Waals surface area (Å²) in [5, 5.41) is 2.70. The molecule has 5 heteroatoms. The molecule has 0 heterocycles. The lowest BCUT2D eigenvalue weighted by atomic mass is 10.0. The van der Waals surface area contributed by atoms with Crippen molar-refractivity contribution < 1.29 is 19.1 Å². The number of carbonyl (C=O) groups excluding carboxylic acids is 2. The summed E-state index contributed by atoms with van der Waals surface area (Å²) in [6.45, 7) is 8.98. The van der Waals surface area contributed by atoms with Crippen LogP contribution in [0.1, 0.15) is 42.3 Å². The van der Waals surface area contributed by atoms with Crippen molar-refractivity contribution in [2.75, 3.05) is 12.4 Å². The van der Waals surface area contributed by atoms with Gasteiger partial charge in [0.05, 0.1) is 18.4 Å². The summed E-state index contributed by atoms with van der Waals surface area (Å²) in [7, 11) is 1.49. The average molecular weight is 279 g/mol. The molecular formula is C15H21NO4. The zero-order chi connectivity index (χ0) is 15.5. The van der Waals surface area contributed by atoms with Crippen LogP contribution in [0.15, 0.2) is 6.07 Å². The van der Waals surface area contributed by atoms with Crippen molar-refractivity contribution in [3.05, 3.63) is 22.8 Å². The Morgan fingerprint density at radius 1 is 1.30 bits per heavy atom. The maximum absolute atomic E-state index is 11.8. The fourth-order valence-corrected chi connectivity index (χ4v) is 1.95.